The standard InChI is InChI=1S/C18H18N4O2/c1-12(13(2)23)11-22-16(24)9-8-14-10-19-18(21-17(14)22)20-15-6-4-3-5-7-15/h3-10,12H,11H2,1-2H3,(H,19,20,21). The van der Waals surface area contributed by atoms with Gasteiger partial charge in [-0.2, -0.15) is 4.98 Å². The van der Waals surface area contributed by atoms with E-state index in [9.17, 15) is 9.59 Å². The molecule has 2 heterocycles. The highest BCUT2D eigenvalue weighted by Gasteiger charge is 2.13. The normalized spacial score (nSPS) is 12.1. The van der Waals surface area contributed by atoms with Crippen molar-refractivity contribution in [3.8, 4) is 0 Å². The minimum absolute atomic E-state index is 0.0376. The molecule has 0 spiro atoms. The molecule has 0 amide bonds. The van der Waals surface area contributed by atoms with Crippen LogP contribution in [0.1, 0.15) is 13.8 Å². The molecule has 6 heteroatoms. The molecule has 1 aromatic carbocycles. The maximum atomic E-state index is 12.2. The van der Waals surface area contributed by atoms with E-state index in [1.807, 2.05) is 30.3 Å². The van der Waals surface area contributed by atoms with Gasteiger partial charge in [0.1, 0.15) is 11.4 Å². The van der Waals surface area contributed by atoms with Gasteiger partial charge in [-0.25, -0.2) is 4.98 Å². The lowest BCUT2D eigenvalue weighted by Crippen LogP contribution is -2.26. The number of pyridine rings is 1. The molecule has 122 valence electrons. The molecule has 0 aliphatic heterocycles. The van der Waals surface area contributed by atoms with Crippen molar-refractivity contribution in [1.82, 2.24) is 14.5 Å². The lowest BCUT2D eigenvalue weighted by molar-refractivity contribution is -0.120. The Hall–Kier alpha value is -3.02. The zero-order chi connectivity index (χ0) is 17.1. The number of rotatable bonds is 5. The molecule has 24 heavy (non-hydrogen) atoms. The van der Waals surface area contributed by atoms with Gasteiger partial charge in [-0.3, -0.25) is 14.2 Å². The molecule has 0 radical (unpaired) electrons. The zero-order valence-electron chi connectivity index (χ0n) is 13.6. The Balaban J connectivity index is 2.03. The number of hydrogen-bond donors (Lipinski definition) is 1. The van der Waals surface area contributed by atoms with E-state index in [-0.39, 0.29) is 17.3 Å². The van der Waals surface area contributed by atoms with Crippen LogP contribution in [0.25, 0.3) is 11.0 Å². The summed E-state index contributed by atoms with van der Waals surface area (Å²) >= 11 is 0. The van der Waals surface area contributed by atoms with Crippen molar-refractivity contribution in [2.45, 2.75) is 20.4 Å². The first-order valence-corrected chi connectivity index (χ1v) is 7.74. The molecule has 0 aliphatic carbocycles. The van der Waals surface area contributed by atoms with E-state index < -0.39 is 0 Å². The molecule has 6 nitrogen and oxygen atoms in total. The van der Waals surface area contributed by atoms with Crippen LogP contribution in [0, 0.1) is 5.92 Å². The van der Waals surface area contributed by atoms with Gasteiger partial charge in [0, 0.05) is 35.8 Å². The summed E-state index contributed by atoms with van der Waals surface area (Å²) < 4.78 is 1.53. The highest BCUT2D eigenvalue weighted by Crippen LogP contribution is 2.16. The smallest absolute Gasteiger partial charge is 0.252 e. The summed E-state index contributed by atoms with van der Waals surface area (Å²) in [6.07, 6.45) is 1.67. The van der Waals surface area contributed by atoms with Crippen molar-refractivity contribution >= 4 is 28.5 Å². The number of anilines is 2. The molecule has 2 aromatic heterocycles. The first-order chi connectivity index (χ1) is 11.5. The Labute approximate surface area is 139 Å². The van der Waals surface area contributed by atoms with Gasteiger partial charge in [-0.1, -0.05) is 25.1 Å². The van der Waals surface area contributed by atoms with Crippen molar-refractivity contribution in [2.75, 3.05) is 5.32 Å². The maximum Gasteiger partial charge on any atom is 0.252 e. The summed E-state index contributed by atoms with van der Waals surface area (Å²) in [6, 6.07) is 12.7. The van der Waals surface area contributed by atoms with Crippen LogP contribution in [0.3, 0.4) is 0 Å². The molecule has 0 bridgehead atoms. The minimum Gasteiger partial charge on any atom is -0.324 e. The second-order valence-electron chi connectivity index (χ2n) is 5.76. The average Bonchev–Trinajstić information content (AvgIpc) is 2.58. The fourth-order valence-electron chi connectivity index (χ4n) is 2.36. The fraction of sp³-hybridized carbons (Fsp3) is 0.222. The quantitative estimate of drug-likeness (QED) is 0.781. The van der Waals surface area contributed by atoms with Gasteiger partial charge in [0.15, 0.2) is 0 Å². The Morgan fingerprint density at radius 1 is 1.21 bits per heavy atom. The van der Waals surface area contributed by atoms with E-state index in [0.717, 1.165) is 11.1 Å². The van der Waals surface area contributed by atoms with Crippen LogP contribution in [-0.2, 0) is 11.3 Å². The van der Waals surface area contributed by atoms with Crippen molar-refractivity contribution in [3.63, 3.8) is 0 Å². The lowest BCUT2D eigenvalue weighted by Gasteiger charge is -2.13. The van der Waals surface area contributed by atoms with Crippen LogP contribution in [0.5, 0.6) is 0 Å². The predicted molar refractivity (Wildman–Crippen MR) is 93.4 cm³/mol. The van der Waals surface area contributed by atoms with Gasteiger partial charge in [-0.05, 0) is 25.1 Å². The van der Waals surface area contributed by atoms with Gasteiger partial charge < -0.3 is 5.32 Å². The summed E-state index contributed by atoms with van der Waals surface area (Å²) in [7, 11) is 0. The summed E-state index contributed by atoms with van der Waals surface area (Å²) in [5.41, 5.74) is 1.20. The van der Waals surface area contributed by atoms with Gasteiger partial charge in [0.05, 0.1) is 0 Å². The molecule has 0 fully saturated rings. The average molecular weight is 322 g/mol. The monoisotopic (exact) mass is 322 g/mol. The number of para-hydroxylation sites is 1. The number of Topliss-reactive ketones (excluding diaryl/α,β-unsaturated/α-hetero) is 1. The summed E-state index contributed by atoms with van der Waals surface area (Å²) in [4.78, 5) is 32.5. The van der Waals surface area contributed by atoms with Gasteiger partial charge in [0.25, 0.3) is 5.56 Å². The number of nitrogens with zero attached hydrogens (tertiary/aromatic N) is 3. The number of hydrogen-bond acceptors (Lipinski definition) is 5. The Morgan fingerprint density at radius 2 is 1.96 bits per heavy atom. The fourth-order valence-corrected chi connectivity index (χ4v) is 2.36. The van der Waals surface area contributed by atoms with Gasteiger partial charge >= 0.3 is 0 Å². The number of ketones is 1. The van der Waals surface area contributed by atoms with Crippen LogP contribution in [-0.4, -0.2) is 20.3 Å². The van der Waals surface area contributed by atoms with Crippen LogP contribution in [0.2, 0.25) is 0 Å². The molecule has 0 saturated heterocycles. The second-order valence-corrected chi connectivity index (χ2v) is 5.76. The van der Waals surface area contributed by atoms with Gasteiger partial charge in [-0.15, -0.1) is 0 Å². The van der Waals surface area contributed by atoms with E-state index in [1.54, 1.807) is 19.2 Å². The van der Waals surface area contributed by atoms with Crippen LogP contribution in [0.4, 0.5) is 11.6 Å². The number of nitrogens with one attached hydrogen (secondary N) is 1. The Kier molecular flexibility index (Phi) is 4.37. The molecule has 0 saturated carbocycles. The highest BCUT2D eigenvalue weighted by atomic mass is 16.1. The molecular formula is C18H18N4O2. The largest absolute Gasteiger partial charge is 0.324 e. The highest BCUT2D eigenvalue weighted by molar-refractivity contribution is 5.79. The lowest BCUT2D eigenvalue weighted by atomic mass is 10.1. The van der Waals surface area contributed by atoms with E-state index in [4.69, 9.17) is 0 Å². The summed E-state index contributed by atoms with van der Waals surface area (Å²) in [6.45, 7) is 3.63. The first-order valence-electron chi connectivity index (χ1n) is 7.74. The van der Waals surface area contributed by atoms with E-state index in [2.05, 4.69) is 15.3 Å². The number of carbonyl (C=O) groups is 1. The molecule has 3 aromatic rings. The number of benzene rings is 1. The van der Waals surface area contributed by atoms with E-state index >= 15 is 0 Å². The van der Waals surface area contributed by atoms with Crippen molar-refractivity contribution in [2.24, 2.45) is 5.92 Å². The molecule has 1 unspecified atom stereocenters. The van der Waals surface area contributed by atoms with Crippen LogP contribution in [0.15, 0.2) is 53.5 Å². The van der Waals surface area contributed by atoms with Crippen LogP contribution < -0.4 is 10.9 Å². The maximum absolute atomic E-state index is 12.2. The minimum atomic E-state index is -0.256. The third-order valence-corrected chi connectivity index (χ3v) is 3.90. The second kappa shape index (κ2) is 6.62. The number of carbonyl (C=O) groups excluding carboxylic acids is 1. The van der Waals surface area contributed by atoms with Crippen molar-refractivity contribution in [3.05, 3.63) is 59.0 Å². The Morgan fingerprint density at radius 3 is 2.67 bits per heavy atom. The number of aromatic nitrogens is 3. The van der Waals surface area contributed by atoms with E-state index in [1.165, 1.54) is 17.6 Å². The third kappa shape index (κ3) is 3.32. The molecule has 1 N–H and O–H groups in total. The topological polar surface area (TPSA) is 76.9 Å². The predicted octanol–water partition coefficient (Wildman–Crippen LogP) is 2.76. The summed E-state index contributed by atoms with van der Waals surface area (Å²) in [5, 5.41) is 3.87. The summed E-state index contributed by atoms with van der Waals surface area (Å²) in [5.74, 6) is 0.188. The number of fused-ring (bicyclic) bond motifs is 1. The van der Waals surface area contributed by atoms with Crippen molar-refractivity contribution in [1.29, 1.82) is 0 Å². The molecule has 1 atom stereocenters. The third-order valence-electron chi connectivity index (χ3n) is 3.90. The van der Waals surface area contributed by atoms with Gasteiger partial charge in [0.2, 0.25) is 5.95 Å². The molecule has 3 rings (SSSR count). The SMILES string of the molecule is CC(=O)C(C)Cn1c(=O)ccc2cnc(Nc3ccccc3)nc21. The first kappa shape index (κ1) is 15.9. The zero-order valence-corrected chi connectivity index (χ0v) is 13.6. The molecule has 0 aliphatic rings. The van der Waals surface area contributed by atoms with E-state index in [0.29, 0.717) is 18.1 Å². The molecular weight excluding hydrogens is 304 g/mol. The van der Waals surface area contributed by atoms with Crippen molar-refractivity contribution < 1.29 is 4.79 Å². The Bertz CT molecular complexity index is 935. The van der Waals surface area contributed by atoms with Crippen LogP contribution >= 0.6 is 0 Å².